The minimum atomic E-state index is -2.02. The Kier molecular flexibility index (Phi) is 9.99. The van der Waals surface area contributed by atoms with Crippen molar-refractivity contribution in [2.75, 3.05) is 6.61 Å². The van der Waals surface area contributed by atoms with Gasteiger partial charge in [-0.15, -0.1) is 0 Å². The van der Waals surface area contributed by atoms with E-state index in [1.54, 1.807) is 11.1 Å². The Morgan fingerprint density at radius 2 is 1.45 bits per heavy atom. The van der Waals surface area contributed by atoms with Crippen molar-refractivity contribution < 1.29 is 18.7 Å². The van der Waals surface area contributed by atoms with Crippen molar-refractivity contribution >= 4 is 16.6 Å². The molecule has 0 heterocycles. The minimum absolute atomic E-state index is 0.0150. The van der Waals surface area contributed by atoms with E-state index in [1.165, 1.54) is 25.7 Å². The number of ether oxygens (including phenoxy) is 1. The van der Waals surface area contributed by atoms with Crippen LogP contribution in [-0.2, 0) is 13.6 Å². The Bertz CT molecular complexity index is 1100. The summed E-state index contributed by atoms with van der Waals surface area (Å²) in [5, 5.41) is 10.6. The van der Waals surface area contributed by atoms with E-state index in [4.69, 9.17) is 13.6 Å². The summed E-state index contributed by atoms with van der Waals surface area (Å²) in [6, 6.07) is 0. The first-order valence-electron chi connectivity index (χ1n) is 17.9. The summed E-state index contributed by atoms with van der Waals surface area (Å²) in [5.74, 6) is 1.70. The van der Waals surface area contributed by atoms with Crippen LogP contribution in [0.15, 0.2) is 23.3 Å². The highest BCUT2D eigenvalue weighted by Crippen LogP contribution is 2.66. The first-order valence-corrected chi connectivity index (χ1v) is 23.8. The molecule has 0 aliphatic heterocycles. The van der Waals surface area contributed by atoms with Gasteiger partial charge in [0.05, 0.1) is 23.9 Å². The average Bonchev–Trinajstić information content (AvgIpc) is 3.19. The van der Waals surface area contributed by atoms with Crippen molar-refractivity contribution in [1.29, 1.82) is 0 Å². The van der Waals surface area contributed by atoms with Crippen LogP contribution < -0.4 is 0 Å². The first-order chi connectivity index (χ1) is 19.8. The van der Waals surface area contributed by atoms with E-state index < -0.39 is 22.2 Å². The van der Waals surface area contributed by atoms with Crippen molar-refractivity contribution in [3.63, 3.8) is 0 Å². The maximum Gasteiger partial charge on any atom is 0.192 e. The third-order valence-electron chi connectivity index (χ3n) is 13.8. The Balaban J connectivity index is 1.65. The summed E-state index contributed by atoms with van der Waals surface area (Å²) in [6.45, 7) is 35.7. The molecule has 0 bridgehead atoms. The SMILES string of the molecule is C[C@H](OCCC(C)(C)O)[C@H]1CCC2C3=CC=C4C[C@@H](O[Si](C)(C)C(C)(C)C)C[C@H](O[Si](C)(C)C(C)(C)C)[C@]4(C)C3CC[C@@]21C. The lowest BCUT2D eigenvalue weighted by molar-refractivity contribution is -0.0646. The van der Waals surface area contributed by atoms with Crippen LogP contribution in [0.3, 0.4) is 0 Å². The number of allylic oxidation sites excluding steroid dienone is 3. The largest absolute Gasteiger partial charge is 0.414 e. The highest BCUT2D eigenvalue weighted by molar-refractivity contribution is 6.74. The number of fused-ring (bicyclic) bond motifs is 5. The van der Waals surface area contributed by atoms with E-state index >= 15 is 0 Å². The van der Waals surface area contributed by atoms with Gasteiger partial charge in [-0.25, -0.2) is 0 Å². The van der Waals surface area contributed by atoms with Gasteiger partial charge in [0.25, 0.3) is 0 Å². The number of rotatable bonds is 9. The molecule has 0 radical (unpaired) electrons. The van der Waals surface area contributed by atoms with Crippen LogP contribution in [0, 0.1) is 28.6 Å². The second-order valence-electron chi connectivity index (χ2n) is 19.4. The standard InChI is InChI=1S/C38H70O4Si2/c1-26(40-23-22-36(8,9)39)30-18-19-31-29-17-16-27-24-28(41-43(12,13)34(2,3)4)25-33(42-44(14,15)35(5,6)7)38(27,11)32(29)20-21-37(30,31)10/h16-17,26,28,30-33,39H,18-25H2,1-15H3/t26-,28+,30+,31?,32?,33-,37+,38-/m0/s1. The quantitative estimate of drug-likeness (QED) is 0.253. The molecule has 3 fully saturated rings. The summed E-state index contributed by atoms with van der Waals surface area (Å²) in [6.07, 6.45) is 13.4. The molecule has 0 aromatic carbocycles. The van der Waals surface area contributed by atoms with E-state index in [-0.39, 0.29) is 39.2 Å². The topological polar surface area (TPSA) is 47.9 Å². The highest BCUT2D eigenvalue weighted by atomic mass is 28.4. The van der Waals surface area contributed by atoms with Crippen molar-refractivity contribution in [3.05, 3.63) is 23.3 Å². The van der Waals surface area contributed by atoms with Gasteiger partial charge < -0.3 is 18.7 Å². The van der Waals surface area contributed by atoms with Gasteiger partial charge in [-0.2, -0.15) is 0 Å². The monoisotopic (exact) mass is 646 g/mol. The van der Waals surface area contributed by atoms with Gasteiger partial charge in [-0.1, -0.05) is 78.7 Å². The van der Waals surface area contributed by atoms with Crippen LogP contribution >= 0.6 is 0 Å². The molecule has 0 aromatic rings. The van der Waals surface area contributed by atoms with Crippen LogP contribution in [0.2, 0.25) is 36.3 Å². The molecule has 4 rings (SSSR count). The molecule has 0 amide bonds. The van der Waals surface area contributed by atoms with Crippen LogP contribution in [0.25, 0.3) is 0 Å². The third-order valence-corrected chi connectivity index (χ3v) is 22.9. The number of hydrogen-bond donors (Lipinski definition) is 1. The molecule has 4 aliphatic carbocycles. The van der Waals surface area contributed by atoms with Crippen LogP contribution in [0.4, 0.5) is 0 Å². The lowest BCUT2D eigenvalue weighted by Crippen LogP contribution is -2.58. The lowest BCUT2D eigenvalue weighted by atomic mass is 9.49. The van der Waals surface area contributed by atoms with Crippen LogP contribution in [-0.4, -0.2) is 52.3 Å². The molecule has 0 spiro atoms. The fraction of sp³-hybridized carbons (Fsp3) is 0.895. The number of hydrogen-bond acceptors (Lipinski definition) is 4. The number of aliphatic hydroxyl groups is 1. The molecule has 0 saturated heterocycles. The van der Waals surface area contributed by atoms with E-state index in [2.05, 4.69) is 101 Å². The normalized spacial score (nSPS) is 35.8. The van der Waals surface area contributed by atoms with Gasteiger partial charge in [-0.3, -0.25) is 0 Å². The van der Waals surface area contributed by atoms with Crippen LogP contribution in [0.1, 0.15) is 121 Å². The molecule has 6 heteroatoms. The smallest absolute Gasteiger partial charge is 0.192 e. The van der Waals surface area contributed by atoms with Gasteiger partial charge in [0, 0.05) is 12.0 Å². The van der Waals surface area contributed by atoms with E-state index in [1.807, 2.05) is 13.8 Å². The molecule has 4 nitrogen and oxygen atoms in total. The van der Waals surface area contributed by atoms with E-state index in [9.17, 15) is 5.11 Å². The highest BCUT2D eigenvalue weighted by Gasteiger charge is 2.61. The molecular formula is C38H70O4Si2. The maximum atomic E-state index is 10.2. The third kappa shape index (κ3) is 6.83. The second-order valence-corrected chi connectivity index (χ2v) is 28.9. The molecule has 2 unspecified atom stereocenters. The average molecular weight is 647 g/mol. The molecule has 8 atom stereocenters. The molecule has 3 saturated carbocycles. The summed E-state index contributed by atoms with van der Waals surface area (Å²) < 4.78 is 21.1. The Hall–Kier alpha value is -0.246. The maximum absolute atomic E-state index is 10.2. The molecule has 0 aromatic heterocycles. The molecular weight excluding hydrogens is 577 g/mol. The predicted molar refractivity (Wildman–Crippen MR) is 191 cm³/mol. The van der Waals surface area contributed by atoms with Gasteiger partial charge >= 0.3 is 0 Å². The van der Waals surface area contributed by atoms with Crippen molar-refractivity contribution in [2.45, 2.75) is 181 Å². The van der Waals surface area contributed by atoms with Crippen molar-refractivity contribution in [2.24, 2.45) is 28.6 Å². The Morgan fingerprint density at radius 3 is 2.02 bits per heavy atom. The zero-order chi connectivity index (χ0) is 33.3. The van der Waals surface area contributed by atoms with E-state index in [0.29, 0.717) is 30.8 Å². The first kappa shape index (κ1) is 36.6. The van der Waals surface area contributed by atoms with Crippen molar-refractivity contribution in [3.8, 4) is 0 Å². The summed E-state index contributed by atoms with van der Waals surface area (Å²) in [4.78, 5) is 0. The molecule has 1 N–H and O–H groups in total. The van der Waals surface area contributed by atoms with Gasteiger partial charge in [0.2, 0.25) is 0 Å². The second kappa shape index (κ2) is 12.0. The van der Waals surface area contributed by atoms with Gasteiger partial charge in [-0.05, 0) is 125 Å². The summed E-state index contributed by atoms with van der Waals surface area (Å²) >= 11 is 0. The minimum Gasteiger partial charge on any atom is -0.414 e. The van der Waals surface area contributed by atoms with Gasteiger partial charge in [0.15, 0.2) is 16.6 Å². The molecule has 4 aliphatic rings. The van der Waals surface area contributed by atoms with E-state index in [0.717, 1.165) is 12.8 Å². The Labute approximate surface area is 274 Å². The Morgan fingerprint density at radius 1 is 0.864 bits per heavy atom. The lowest BCUT2D eigenvalue weighted by Gasteiger charge is -2.59. The fourth-order valence-corrected chi connectivity index (χ4v) is 11.6. The van der Waals surface area contributed by atoms with Crippen LogP contribution in [0.5, 0.6) is 0 Å². The summed E-state index contributed by atoms with van der Waals surface area (Å²) in [7, 11) is -3.93. The molecule has 44 heavy (non-hydrogen) atoms. The molecule has 254 valence electrons. The van der Waals surface area contributed by atoms with Gasteiger partial charge in [0.1, 0.15) is 0 Å². The predicted octanol–water partition coefficient (Wildman–Crippen LogP) is 10.4. The van der Waals surface area contributed by atoms with Crippen molar-refractivity contribution in [1.82, 2.24) is 0 Å². The zero-order valence-corrected chi connectivity index (χ0v) is 33.4. The summed E-state index contributed by atoms with van der Waals surface area (Å²) in [5.41, 5.74) is 2.87. The zero-order valence-electron chi connectivity index (χ0n) is 31.4. The fourth-order valence-electron chi connectivity index (χ4n) is 8.81.